The molecular formula is C20H18N4O3S. The molecule has 2 aliphatic rings. The minimum Gasteiger partial charge on any atom is -0.354 e. The van der Waals surface area contributed by atoms with Crippen LogP contribution in [0.2, 0.25) is 0 Å². The van der Waals surface area contributed by atoms with Gasteiger partial charge in [0.2, 0.25) is 10.0 Å². The van der Waals surface area contributed by atoms with Gasteiger partial charge in [-0.1, -0.05) is 36.4 Å². The van der Waals surface area contributed by atoms with Crippen molar-refractivity contribution in [2.45, 2.75) is 6.42 Å². The fourth-order valence-corrected chi connectivity index (χ4v) is 3.69. The third kappa shape index (κ3) is 3.81. The minimum absolute atomic E-state index is 0.253. The second-order valence-electron chi connectivity index (χ2n) is 6.58. The molecule has 3 N–H and O–H groups in total. The first kappa shape index (κ1) is 18.0. The van der Waals surface area contributed by atoms with E-state index in [1.54, 1.807) is 24.3 Å². The Labute approximate surface area is 162 Å². The van der Waals surface area contributed by atoms with Crippen LogP contribution < -0.4 is 15.5 Å². The Morgan fingerprint density at radius 1 is 1.04 bits per heavy atom. The summed E-state index contributed by atoms with van der Waals surface area (Å²) >= 11 is 0. The Morgan fingerprint density at radius 2 is 1.79 bits per heavy atom. The standard InChI is InChI=1S/C20H18N4O3S/c1-28(26,27)24-15-9-6-13(7-10-15)12-18-19(20(25)23-22-18)17-11-8-14-4-2-3-5-16(14)21-17/h2-11,21,24H,12H2,1H3,(H,23,25)/b19-17-. The first-order valence-electron chi connectivity index (χ1n) is 8.61. The summed E-state index contributed by atoms with van der Waals surface area (Å²) in [6, 6.07) is 14.8. The van der Waals surface area contributed by atoms with Gasteiger partial charge in [-0.25, -0.2) is 13.8 Å². The Hall–Kier alpha value is -3.39. The summed E-state index contributed by atoms with van der Waals surface area (Å²) in [5.41, 5.74) is 7.74. The first-order chi connectivity index (χ1) is 13.4. The lowest BCUT2D eigenvalue weighted by Crippen LogP contribution is -2.19. The molecule has 2 aliphatic heterocycles. The molecule has 0 fully saturated rings. The van der Waals surface area contributed by atoms with Crippen molar-refractivity contribution in [3.63, 3.8) is 0 Å². The van der Waals surface area contributed by atoms with Crippen LogP contribution in [-0.4, -0.2) is 26.3 Å². The van der Waals surface area contributed by atoms with Crippen LogP contribution in [0.25, 0.3) is 6.08 Å². The van der Waals surface area contributed by atoms with E-state index in [2.05, 4.69) is 20.6 Å². The Kier molecular flexibility index (Phi) is 4.48. The molecule has 0 radical (unpaired) electrons. The predicted molar refractivity (Wildman–Crippen MR) is 110 cm³/mol. The lowest BCUT2D eigenvalue weighted by atomic mass is 9.98. The van der Waals surface area contributed by atoms with Gasteiger partial charge in [-0.15, -0.1) is 0 Å². The number of hydrogen-bond donors (Lipinski definition) is 3. The normalized spacial score (nSPS) is 18.2. The Balaban J connectivity index is 1.58. The van der Waals surface area contributed by atoms with Crippen molar-refractivity contribution in [2.24, 2.45) is 5.10 Å². The molecular weight excluding hydrogens is 376 g/mol. The highest BCUT2D eigenvalue weighted by Gasteiger charge is 2.27. The number of carbonyl (C=O) groups excluding carboxylic acids is 1. The maximum Gasteiger partial charge on any atom is 0.275 e. The predicted octanol–water partition coefficient (Wildman–Crippen LogP) is 2.48. The molecule has 4 rings (SSSR count). The van der Waals surface area contributed by atoms with E-state index in [9.17, 15) is 13.2 Å². The van der Waals surface area contributed by atoms with Crippen molar-refractivity contribution in [3.05, 3.63) is 77.0 Å². The third-order valence-corrected chi connectivity index (χ3v) is 4.97. The molecule has 0 saturated carbocycles. The minimum atomic E-state index is -3.32. The number of hydrazone groups is 1. The van der Waals surface area contributed by atoms with E-state index < -0.39 is 10.0 Å². The van der Waals surface area contributed by atoms with Gasteiger partial charge < -0.3 is 5.32 Å². The van der Waals surface area contributed by atoms with Crippen LogP contribution in [0.4, 0.5) is 11.4 Å². The smallest absolute Gasteiger partial charge is 0.275 e. The number of amides is 1. The van der Waals surface area contributed by atoms with Crippen molar-refractivity contribution < 1.29 is 13.2 Å². The topological polar surface area (TPSA) is 99.7 Å². The van der Waals surface area contributed by atoms with Gasteiger partial charge in [-0.3, -0.25) is 9.52 Å². The van der Waals surface area contributed by atoms with Gasteiger partial charge in [-0.2, -0.15) is 5.10 Å². The van der Waals surface area contributed by atoms with Crippen molar-refractivity contribution in [2.75, 3.05) is 16.3 Å². The molecule has 1 amide bonds. The monoisotopic (exact) mass is 394 g/mol. The molecule has 0 spiro atoms. The molecule has 8 heteroatoms. The number of nitrogens with one attached hydrogen (secondary N) is 3. The number of fused-ring (bicyclic) bond motifs is 1. The van der Waals surface area contributed by atoms with E-state index in [4.69, 9.17) is 0 Å². The fraction of sp³-hybridized carbons (Fsp3) is 0.100. The number of benzene rings is 2. The molecule has 7 nitrogen and oxygen atoms in total. The zero-order chi connectivity index (χ0) is 19.7. The van der Waals surface area contributed by atoms with Crippen molar-refractivity contribution in [3.8, 4) is 0 Å². The highest BCUT2D eigenvalue weighted by atomic mass is 32.2. The molecule has 0 saturated heterocycles. The molecule has 28 heavy (non-hydrogen) atoms. The van der Waals surface area contributed by atoms with Gasteiger partial charge in [0.05, 0.1) is 23.2 Å². The van der Waals surface area contributed by atoms with E-state index in [-0.39, 0.29) is 5.91 Å². The van der Waals surface area contributed by atoms with E-state index in [1.165, 1.54) is 0 Å². The number of hydrogen-bond acceptors (Lipinski definition) is 5. The summed E-state index contributed by atoms with van der Waals surface area (Å²) in [5, 5.41) is 7.47. The second-order valence-corrected chi connectivity index (χ2v) is 8.33. The summed E-state index contributed by atoms with van der Waals surface area (Å²) < 4.78 is 25.0. The highest BCUT2D eigenvalue weighted by Crippen LogP contribution is 2.27. The quantitative estimate of drug-likeness (QED) is 0.694. The second kappa shape index (κ2) is 6.97. The van der Waals surface area contributed by atoms with Gasteiger partial charge in [0.1, 0.15) is 0 Å². The number of sulfonamides is 1. The number of nitrogens with zero attached hydrogens (tertiary/aromatic N) is 1. The van der Waals surface area contributed by atoms with Crippen LogP contribution in [-0.2, 0) is 21.2 Å². The van der Waals surface area contributed by atoms with Crippen LogP contribution in [0.1, 0.15) is 11.1 Å². The van der Waals surface area contributed by atoms with E-state index in [0.717, 1.165) is 23.1 Å². The van der Waals surface area contributed by atoms with Crippen LogP contribution in [0.15, 0.2) is 71.0 Å². The fourth-order valence-electron chi connectivity index (χ4n) is 3.13. The average Bonchev–Trinajstić information content (AvgIpc) is 3.02. The van der Waals surface area contributed by atoms with E-state index in [1.807, 2.05) is 36.4 Å². The van der Waals surface area contributed by atoms with Crippen molar-refractivity contribution >= 4 is 39.1 Å². The number of allylic oxidation sites excluding steroid dienone is 1. The lowest BCUT2D eigenvalue weighted by Gasteiger charge is -2.17. The maximum absolute atomic E-state index is 12.4. The number of rotatable bonds is 4. The molecule has 2 heterocycles. The summed E-state index contributed by atoms with van der Waals surface area (Å²) in [6.45, 7) is 0. The molecule has 2 aromatic rings. The molecule has 0 unspecified atom stereocenters. The summed E-state index contributed by atoms with van der Waals surface area (Å²) in [5.74, 6) is -0.253. The maximum atomic E-state index is 12.4. The largest absolute Gasteiger partial charge is 0.354 e. The molecule has 2 aromatic carbocycles. The summed E-state index contributed by atoms with van der Waals surface area (Å²) in [4.78, 5) is 12.4. The Morgan fingerprint density at radius 3 is 2.54 bits per heavy atom. The lowest BCUT2D eigenvalue weighted by molar-refractivity contribution is -0.116. The summed E-state index contributed by atoms with van der Waals surface area (Å²) in [7, 11) is -3.32. The van der Waals surface area contributed by atoms with E-state index in [0.29, 0.717) is 29.1 Å². The SMILES string of the molecule is CS(=O)(=O)Nc1ccc(CC2=NNC(=O)/C2=C2/C=Cc3ccccc3N2)cc1. The van der Waals surface area contributed by atoms with Crippen molar-refractivity contribution in [1.82, 2.24) is 5.43 Å². The molecule has 0 aromatic heterocycles. The molecule has 0 bridgehead atoms. The Bertz CT molecular complexity index is 1150. The molecule has 0 aliphatic carbocycles. The van der Waals surface area contributed by atoms with Crippen molar-refractivity contribution in [1.29, 1.82) is 0 Å². The first-order valence-corrected chi connectivity index (χ1v) is 10.5. The average molecular weight is 394 g/mol. The molecule has 142 valence electrons. The van der Waals surface area contributed by atoms with Crippen LogP contribution in [0, 0.1) is 0 Å². The number of para-hydroxylation sites is 1. The zero-order valence-electron chi connectivity index (χ0n) is 15.1. The van der Waals surface area contributed by atoms with Gasteiger partial charge in [-0.05, 0) is 35.4 Å². The third-order valence-electron chi connectivity index (χ3n) is 4.37. The van der Waals surface area contributed by atoms with Gasteiger partial charge in [0.25, 0.3) is 5.91 Å². The molecule has 0 atom stereocenters. The zero-order valence-corrected chi connectivity index (χ0v) is 15.9. The van der Waals surface area contributed by atoms with Gasteiger partial charge >= 0.3 is 0 Å². The van der Waals surface area contributed by atoms with E-state index >= 15 is 0 Å². The number of carbonyl (C=O) groups is 1. The number of anilines is 2. The van der Waals surface area contributed by atoms with Gasteiger partial charge in [0, 0.05) is 17.8 Å². The van der Waals surface area contributed by atoms with Crippen LogP contribution in [0.5, 0.6) is 0 Å². The van der Waals surface area contributed by atoms with Crippen LogP contribution in [0.3, 0.4) is 0 Å². The van der Waals surface area contributed by atoms with Crippen LogP contribution >= 0.6 is 0 Å². The van der Waals surface area contributed by atoms with Gasteiger partial charge in [0.15, 0.2) is 0 Å². The highest BCUT2D eigenvalue weighted by molar-refractivity contribution is 7.92. The summed E-state index contributed by atoms with van der Waals surface area (Å²) in [6.07, 6.45) is 5.38.